The lowest BCUT2D eigenvalue weighted by Crippen LogP contribution is -2.31. The van der Waals surface area contributed by atoms with Crippen LogP contribution in [0.5, 0.6) is 0 Å². The monoisotopic (exact) mass is 508 g/mol. The van der Waals surface area contributed by atoms with Crippen molar-refractivity contribution in [1.29, 1.82) is 0 Å². The number of hydrogen-bond acceptors (Lipinski definition) is 4. The third-order valence-electron chi connectivity index (χ3n) is 5.85. The maximum Gasteiger partial charge on any atom is 0.266 e. The molecule has 2 atom stereocenters. The highest BCUT2D eigenvalue weighted by Gasteiger charge is 2.28. The molecular formula is C27H33BN2O5S. The fraction of sp³-hybridized carbons (Fsp3) is 0.259. The van der Waals surface area contributed by atoms with E-state index >= 15 is 0 Å². The van der Waals surface area contributed by atoms with Crippen LogP contribution in [0.25, 0.3) is 0 Å². The van der Waals surface area contributed by atoms with Crippen molar-refractivity contribution >= 4 is 29.8 Å². The summed E-state index contributed by atoms with van der Waals surface area (Å²) in [6.07, 6.45) is 7.64. The fourth-order valence-corrected chi connectivity index (χ4v) is 3.96. The lowest BCUT2D eigenvalue weighted by molar-refractivity contribution is -0.122. The van der Waals surface area contributed by atoms with Gasteiger partial charge in [-0.1, -0.05) is 73.1 Å². The Labute approximate surface area is 214 Å². The molecule has 0 spiro atoms. The van der Waals surface area contributed by atoms with E-state index < -0.39 is 27.7 Å². The molecule has 0 aromatic heterocycles. The summed E-state index contributed by atoms with van der Waals surface area (Å²) in [5.41, 5.74) is 3.88. The van der Waals surface area contributed by atoms with Crippen molar-refractivity contribution in [2.24, 2.45) is 0 Å². The van der Waals surface area contributed by atoms with Gasteiger partial charge in [-0.2, -0.15) is 8.42 Å². The summed E-state index contributed by atoms with van der Waals surface area (Å²) in [5.74, 6) is -1.83. The number of hydrogen-bond donors (Lipinski definition) is 3. The van der Waals surface area contributed by atoms with Crippen molar-refractivity contribution < 1.29 is 22.6 Å². The second kappa shape index (κ2) is 13.6. The van der Waals surface area contributed by atoms with Crippen molar-refractivity contribution in [1.82, 2.24) is 10.6 Å². The summed E-state index contributed by atoms with van der Waals surface area (Å²) in [6, 6.07) is 16.4. The largest absolute Gasteiger partial charge is 0.351 e. The average molecular weight is 508 g/mol. The van der Waals surface area contributed by atoms with E-state index in [1.54, 1.807) is 24.3 Å². The van der Waals surface area contributed by atoms with E-state index in [9.17, 15) is 18.0 Å². The van der Waals surface area contributed by atoms with Gasteiger partial charge in [-0.25, -0.2) is 0 Å². The van der Waals surface area contributed by atoms with Crippen LogP contribution in [0.1, 0.15) is 54.1 Å². The van der Waals surface area contributed by atoms with Gasteiger partial charge in [0.15, 0.2) is 0 Å². The number of amides is 2. The molecule has 0 aliphatic carbocycles. The highest BCUT2D eigenvalue weighted by atomic mass is 32.2. The van der Waals surface area contributed by atoms with Gasteiger partial charge in [0.05, 0.1) is 11.7 Å². The summed E-state index contributed by atoms with van der Waals surface area (Å²) in [5, 5.41) is 5.50. The smallest absolute Gasteiger partial charge is 0.266 e. The minimum Gasteiger partial charge on any atom is -0.351 e. The molecule has 0 saturated carbocycles. The Kier molecular flexibility index (Phi) is 10.9. The molecule has 2 amide bonds. The van der Waals surface area contributed by atoms with Crippen LogP contribution in [-0.4, -0.2) is 44.9 Å². The Morgan fingerprint density at radius 1 is 0.972 bits per heavy atom. The lowest BCUT2D eigenvalue weighted by atomic mass is 9.81. The molecule has 0 aliphatic heterocycles. The van der Waals surface area contributed by atoms with Crippen molar-refractivity contribution in [2.45, 2.75) is 32.6 Å². The first-order chi connectivity index (χ1) is 17.1. The number of carbonyl (C=O) groups is 2. The first kappa shape index (κ1) is 28.8. The highest BCUT2D eigenvalue weighted by Crippen LogP contribution is 2.33. The second-order valence-corrected chi connectivity index (χ2v) is 10.0. The Morgan fingerprint density at radius 2 is 1.61 bits per heavy atom. The number of benzene rings is 2. The quantitative estimate of drug-likeness (QED) is 0.245. The van der Waals surface area contributed by atoms with Crippen LogP contribution < -0.4 is 10.6 Å². The number of rotatable bonds is 11. The van der Waals surface area contributed by atoms with Crippen molar-refractivity contribution in [3.63, 3.8) is 0 Å². The topological polar surface area (TPSA) is 113 Å². The Morgan fingerprint density at radius 3 is 2.17 bits per heavy atom. The maximum absolute atomic E-state index is 13.5. The minimum atomic E-state index is -4.15. The van der Waals surface area contributed by atoms with Crippen molar-refractivity contribution in [3.05, 3.63) is 107 Å². The molecule has 0 aliphatic rings. The van der Waals surface area contributed by atoms with Gasteiger partial charge in [0, 0.05) is 17.8 Å². The Balaban J connectivity index is 2.24. The van der Waals surface area contributed by atoms with E-state index in [1.165, 1.54) is 0 Å². The molecule has 9 heteroatoms. The molecule has 36 heavy (non-hydrogen) atoms. The first-order valence-corrected chi connectivity index (χ1v) is 13.3. The van der Waals surface area contributed by atoms with Gasteiger partial charge in [-0.05, 0) is 49.1 Å². The van der Waals surface area contributed by atoms with Crippen LogP contribution >= 0.6 is 0 Å². The predicted molar refractivity (Wildman–Crippen MR) is 146 cm³/mol. The molecule has 2 aromatic carbocycles. The zero-order chi connectivity index (χ0) is 26.7. The predicted octanol–water partition coefficient (Wildman–Crippen LogP) is 3.30. The summed E-state index contributed by atoms with van der Waals surface area (Å²) in [7, 11) is -2.16. The highest BCUT2D eigenvalue weighted by molar-refractivity contribution is 7.85. The van der Waals surface area contributed by atoms with Gasteiger partial charge in [-0.15, -0.1) is 0 Å². The van der Waals surface area contributed by atoms with Gasteiger partial charge in [0.2, 0.25) is 5.91 Å². The van der Waals surface area contributed by atoms with Gasteiger partial charge in [0.25, 0.3) is 16.0 Å². The van der Waals surface area contributed by atoms with E-state index in [-0.39, 0.29) is 18.4 Å². The van der Waals surface area contributed by atoms with Gasteiger partial charge in [-0.3, -0.25) is 14.1 Å². The number of nitrogens with one attached hydrogen (secondary N) is 2. The van der Waals surface area contributed by atoms with Crippen molar-refractivity contribution in [2.75, 3.05) is 12.3 Å². The molecule has 0 fully saturated rings. The molecule has 0 bridgehead atoms. The fourth-order valence-electron chi connectivity index (χ4n) is 3.60. The van der Waals surface area contributed by atoms with Crippen LogP contribution in [0.15, 0.2) is 90.1 Å². The first-order valence-electron chi connectivity index (χ1n) is 11.7. The molecule has 3 N–H and O–H groups in total. The van der Waals surface area contributed by atoms with Crippen molar-refractivity contribution in [3.8, 4) is 0 Å². The Hall–Kier alpha value is -3.43. The third-order valence-corrected chi connectivity index (χ3v) is 6.57. The second-order valence-electron chi connectivity index (χ2n) is 8.44. The van der Waals surface area contributed by atoms with E-state index in [0.717, 1.165) is 16.6 Å². The van der Waals surface area contributed by atoms with E-state index in [0.29, 0.717) is 11.3 Å². The van der Waals surface area contributed by atoms with Crippen LogP contribution in [0.2, 0.25) is 0 Å². The summed E-state index contributed by atoms with van der Waals surface area (Å²) >= 11 is 0. The van der Waals surface area contributed by atoms with Crippen LogP contribution in [0.3, 0.4) is 0 Å². The average Bonchev–Trinajstić information content (AvgIpc) is 2.86. The summed E-state index contributed by atoms with van der Waals surface area (Å²) < 4.78 is 30.5. The van der Waals surface area contributed by atoms with Crippen LogP contribution in [0, 0.1) is 0 Å². The molecule has 2 rings (SSSR count). The number of carbonyl (C=O) groups excluding carboxylic acids is 2. The zero-order valence-electron chi connectivity index (χ0n) is 21.1. The van der Waals surface area contributed by atoms with Gasteiger partial charge in [0.1, 0.15) is 7.85 Å². The summed E-state index contributed by atoms with van der Waals surface area (Å²) in [4.78, 5) is 25.8. The molecule has 7 nitrogen and oxygen atoms in total. The molecular weight excluding hydrogens is 475 g/mol. The molecule has 2 aromatic rings. The molecule has 0 heterocycles. The Bertz CT molecular complexity index is 1240. The SMILES string of the molecule is BC(/C=C\C(=C/C)NC(=O)[C@H](c1ccccc1)C(C)c1ccc(C(=O)NCCS(=O)(=O)O)cc1)=C/C. The van der Waals surface area contributed by atoms with E-state index in [4.69, 9.17) is 4.55 Å². The minimum absolute atomic E-state index is 0.142. The molecule has 190 valence electrons. The molecule has 1 unspecified atom stereocenters. The third kappa shape index (κ3) is 8.98. The van der Waals surface area contributed by atoms with E-state index in [1.807, 2.05) is 83.3 Å². The van der Waals surface area contributed by atoms with Gasteiger partial charge < -0.3 is 10.6 Å². The molecule has 0 saturated heterocycles. The van der Waals surface area contributed by atoms with Gasteiger partial charge >= 0.3 is 0 Å². The molecule has 0 radical (unpaired) electrons. The number of allylic oxidation sites excluding steroid dienone is 5. The zero-order valence-corrected chi connectivity index (χ0v) is 21.9. The standard InChI is InChI=1S/C27H33BN2O5S/c1-4-23(28)15-16-24(5-2)30-27(32)25(21-9-7-6-8-10-21)19(3)20-11-13-22(14-12-20)26(31)29-17-18-36(33,34)35/h4-16,19,25H,17-18,28H2,1-3H3,(H,29,31)(H,30,32)(H,33,34,35)/b16-15-,23-4+,24-5+/t19?,25-/m0/s1. The van der Waals surface area contributed by atoms with Crippen LogP contribution in [-0.2, 0) is 14.9 Å². The maximum atomic E-state index is 13.5. The van der Waals surface area contributed by atoms with E-state index in [2.05, 4.69) is 10.6 Å². The van der Waals surface area contributed by atoms with Crippen LogP contribution in [0.4, 0.5) is 0 Å². The summed E-state index contributed by atoms with van der Waals surface area (Å²) in [6.45, 7) is 5.59. The normalized spacial score (nSPS) is 14.3. The lowest BCUT2D eigenvalue weighted by Gasteiger charge is -2.25.